The number of rotatable bonds is 7. The maximum absolute atomic E-state index is 12.4. The van der Waals surface area contributed by atoms with Crippen molar-refractivity contribution < 1.29 is 14.3 Å². The summed E-state index contributed by atoms with van der Waals surface area (Å²) in [4.78, 5) is 24.0. The molecule has 25 heavy (non-hydrogen) atoms. The van der Waals surface area contributed by atoms with E-state index in [1.54, 1.807) is 31.2 Å². The Labute approximate surface area is 148 Å². The van der Waals surface area contributed by atoms with Gasteiger partial charge in [-0.1, -0.05) is 6.92 Å². The van der Waals surface area contributed by atoms with Crippen LogP contribution in [0, 0.1) is 5.92 Å². The van der Waals surface area contributed by atoms with Gasteiger partial charge in [-0.25, -0.2) is 0 Å². The van der Waals surface area contributed by atoms with E-state index in [1.807, 2.05) is 25.1 Å². The summed E-state index contributed by atoms with van der Waals surface area (Å²) in [5.74, 6) is 1.36. The molecule has 1 amide bonds. The smallest absolute Gasteiger partial charge is 0.255 e. The summed E-state index contributed by atoms with van der Waals surface area (Å²) < 4.78 is 5.69. The van der Waals surface area contributed by atoms with E-state index in [1.165, 1.54) is 12.8 Å². The molecule has 4 heteroatoms. The maximum atomic E-state index is 12.4. The van der Waals surface area contributed by atoms with Gasteiger partial charge in [0.2, 0.25) is 0 Å². The fourth-order valence-corrected chi connectivity index (χ4v) is 2.71. The van der Waals surface area contributed by atoms with Crippen LogP contribution in [0.25, 0.3) is 0 Å². The highest BCUT2D eigenvalue weighted by atomic mass is 16.5. The largest absolute Gasteiger partial charge is 0.493 e. The lowest BCUT2D eigenvalue weighted by Gasteiger charge is -2.10. The fourth-order valence-electron chi connectivity index (χ4n) is 2.71. The van der Waals surface area contributed by atoms with Crippen LogP contribution >= 0.6 is 0 Å². The average molecular weight is 337 g/mol. The highest BCUT2D eigenvalue weighted by Crippen LogP contribution is 2.29. The van der Waals surface area contributed by atoms with Crippen molar-refractivity contribution in [2.45, 2.75) is 33.1 Å². The van der Waals surface area contributed by atoms with E-state index in [9.17, 15) is 9.59 Å². The molecular formula is C21H23NO3. The number of hydrogen-bond donors (Lipinski definition) is 1. The highest BCUT2D eigenvalue weighted by Gasteiger charge is 2.21. The first kappa shape index (κ1) is 17.2. The number of aryl methyl sites for hydroxylation is 1. The Morgan fingerprint density at radius 1 is 1.12 bits per heavy atom. The van der Waals surface area contributed by atoms with Gasteiger partial charge in [0.15, 0.2) is 5.78 Å². The first-order valence-electron chi connectivity index (χ1n) is 8.75. The molecule has 1 aliphatic rings. The predicted octanol–water partition coefficient (Wildman–Crippen LogP) is 4.49. The third-order valence-corrected chi connectivity index (χ3v) is 4.42. The second-order valence-electron chi connectivity index (χ2n) is 6.51. The summed E-state index contributed by atoms with van der Waals surface area (Å²) >= 11 is 0. The fraction of sp³-hybridized carbons (Fsp3) is 0.333. The first-order valence-corrected chi connectivity index (χ1v) is 8.75. The van der Waals surface area contributed by atoms with Crippen molar-refractivity contribution in [1.82, 2.24) is 0 Å². The monoisotopic (exact) mass is 337 g/mol. The molecule has 1 aliphatic carbocycles. The van der Waals surface area contributed by atoms with Gasteiger partial charge in [0.05, 0.1) is 6.61 Å². The SMILES string of the molecule is CCc1cc(NC(=O)c2ccc(OCC3CC3)cc2)ccc1C(C)=O. The Morgan fingerprint density at radius 3 is 2.44 bits per heavy atom. The zero-order valence-corrected chi connectivity index (χ0v) is 14.7. The Hall–Kier alpha value is -2.62. The lowest BCUT2D eigenvalue weighted by molar-refractivity contribution is 0.101. The van der Waals surface area contributed by atoms with Gasteiger partial charge < -0.3 is 10.1 Å². The number of anilines is 1. The molecule has 0 unspecified atom stereocenters. The van der Waals surface area contributed by atoms with E-state index in [2.05, 4.69) is 5.32 Å². The van der Waals surface area contributed by atoms with E-state index in [0.717, 1.165) is 24.3 Å². The summed E-state index contributed by atoms with van der Waals surface area (Å²) in [7, 11) is 0. The van der Waals surface area contributed by atoms with Crippen LogP contribution in [-0.2, 0) is 6.42 Å². The normalized spacial score (nSPS) is 13.4. The van der Waals surface area contributed by atoms with Gasteiger partial charge in [-0.2, -0.15) is 0 Å². The zero-order valence-electron chi connectivity index (χ0n) is 14.7. The van der Waals surface area contributed by atoms with E-state index >= 15 is 0 Å². The number of hydrogen-bond acceptors (Lipinski definition) is 3. The number of nitrogens with one attached hydrogen (secondary N) is 1. The number of Topliss-reactive ketones (excluding diaryl/α,β-unsaturated/α-hetero) is 1. The Bertz CT molecular complexity index is 776. The molecule has 2 aromatic rings. The topological polar surface area (TPSA) is 55.4 Å². The minimum atomic E-state index is -0.175. The molecule has 0 atom stereocenters. The standard InChI is InChI=1S/C21H23NO3/c1-3-16-12-18(8-11-20(16)14(2)23)22-21(24)17-6-9-19(10-7-17)25-13-15-4-5-15/h6-12,15H,3-5,13H2,1-2H3,(H,22,24). The first-order chi connectivity index (χ1) is 12.1. The number of ether oxygens (including phenoxy) is 1. The Morgan fingerprint density at radius 2 is 1.84 bits per heavy atom. The van der Waals surface area contributed by atoms with Crippen LogP contribution in [0.2, 0.25) is 0 Å². The zero-order chi connectivity index (χ0) is 17.8. The van der Waals surface area contributed by atoms with Crippen LogP contribution in [0.5, 0.6) is 5.75 Å². The van der Waals surface area contributed by atoms with Crippen LogP contribution in [0.4, 0.5) is 5.69 Å². The molecule has 0 heterocycles. The molecule has 1 fully saturated rings. The average Bonchev–Trinajstić information content (AvgIpc) is 3.44. The molecule has 1 N–H and O–H groups in total. The van der Waals surface area contributed by atoms with Crippen LogP contribution in [0.3, 0.4) is 0 Å². The Balaban J connectivity index is 1.65. The molecule has 130 valence electrons. The summed E-state index contributed by atoms with van der Waals surface area (Å²) in [6, 6.07) is 12.6. The van der Waals surface area contributed by atoms with Crippen LogP contribution in [0.15, 0.2) is 42.5 Å². The summed E-state index contributed by atoms with van der Waals surface area (Å²) in [6.45, 7) is 4.31. The van der Waals surface area contributed by atoms with Crippen molar-refractivity contribution >= 4 is 17.4 Å². The summed E-state index contributed by atoms with van der Waals surface area (Å²) in [5.41, 5.74) is 2.92. The molecule has 0 bridgehead atoms. The lowest BCUT2D eigenvalue weighted by Crippen LogP contribution is -2.12. The minimum absolute atomic E-state index is 0.0384. The molecule has 0 aliphatic heterocycles. The highest BCUT2D eigenvalue weighted by molar-refractivity contribution is 6.04. The molecule has 2 aromatic carbocycles. The number of ketones is 1. The predicted molar refractivity (Wildman–Crippen MR) is 98.4 cm³/mol. The lowest BCUT2D eigenvalue weighted by atomic mass is 10.0. The van der Waals surface area contributed by atoms with Crippen LogP contribution in [0.1, 0.15) is 53.0 Å². The molecule has 0 spiro atoms. The molecular weight excluding hydrogens is 314 g/mol. The number of amides is 1. The van der Waals surface area contributed by atoms with E-state index < -0.39 is 0 Å². The quantitative estimate of drug-likeness (QED) is 0.757. The molecule has 0 saturated heterocycles. The van der Waals surface area contributed by atoms with Crippen molar-refractivity contribution in [2.75, 3.05) is 11.9 Å². The molecule has 3 rings (SSSR count). The molecule has 0 aromatic heterocycles. The van der Waals surface area contributed by atoms with Crippen molar-refractivity contribution in [3.8, 4) is 5.75 Å². The van der Waals surface area contributed by atoms with E-state index in [0.29, 0.717) is 22.7 Å². The van der Waals surface area contributed by atoms with Gasteiger partial charge in [0, 0.05) is 16.8 Å². The van der Waals surface area contributed by atoms with Crippen LogP contribution < -0.4 is 10.1 Å². The molecule has 4 nitrogen and oxygen atoms in total. The van der Waals surface area contributed by atoms with Crippen molar-refractivity contribution in [2.24, 2.45) is 5.92 Å². The van der Waals surface area contributed by atoms with Gasteiger partial charge >= 0.3 is 0 Å². The van der Waals surface area contributed by atoms with E-state index in [4.69, 9.17) is 4.74 Å². The number of carbonyl (C=O) groups is 2. The third-order valence-electron chi connectivity index (χ3n) is 4.42. The van der Waals surface area contributed by atoms with Gasteiger partial charge in [-0.05, 0) is 80.1 Å². The van der Waals surface area contributed by atoms with Crippen molar-refractivity contribution in [1.29, 1.82) is 0 Å². The molecule has 0 radical (unpaired) electrons. The summed E-state index contributed by atoms with van der Waals surface area (Å²) in [5, 5.41) is 2.89. The van der Waals surface area contributed by atoms with E-state index in [-0.39, 0.29) is 11.7 Å². The molecule has 1 saturated carbocycles. The van der Waals surface area contributed by atoms with Gasteiger partial charge in [0.25, 0.3) is 5.91 Å². The number of benzene rings is 2. The van der Waals surface area contributed by atoms with Crippen LogP contribution in [-0.4, -0.2) is 18.3 Å². The van der Waals surface area contributed by atoms with Crippen molar-refractivity contribution in [3.05, 3.63) is 59.2 Å². The third kappa shape index (κ3) is 4.47. The van der Waals surface area contributed by atoms with Gasteiger partial charge in [-0.3, -0.25) is 9.59 Å². The van der Waals surface area contributed by atoms with Crippen molar-refractivity contribution in [3.63, 3.8) is 0 Å². The minimum Gasteiger partial charge on any atom is -0.493 e. The second-order valence-corrected chi connectivity index (χ2v) is 6.51. The van der Waals surface area contributed by atoms with Gasteiger partial charge in [0.1, 0.15) is 5.75 Å². The second kappa shape index (κ2) is 7.51. The summed E-state index contributed by atoms with van der Waals surface area (Å²) in [6.07, 6.45) is 3.25. The maximum Gasteiger partial charge on any atom is 0.255 e. The number of carbonyl (C=O) groups excluding carboxylic acids is 2. The van der Waals surface area contributed by atoms with Gasteiger partial charge in [-0.15, -0.1) is 0 Å². The Kier molecular flexibility index (Phi) is 5.17.